The highest BCUT2D eigenvalue weighted by atomic mass is 16.2. The first-order valence-electron chi connectivity index (χ1n) is 11.8. The van der Waals surface area contributed by atoms with Gasteiger partial charge in [-0.1, -0.05) is 117 Å². The van der Waals surface area contributed by atoms with E-state index >= 15 is 0 Å². The molecule has 0 saturated carbocycles. The SMILES string of the molecule is CCCCCCCCCCCCCCCCNC(=O)C(N)CCCCC. The zero-order valence-corrected chi connectivity index (χ0v) is 18.0. The molecule has 0 aliphatic rings. The first-order valence-corrected chi connectivity index (χ1v) is 11.8. The maximum Gasteiger partial charge on any atom is 0.236 e. The highest BCUT2D eigenvalue weighted by molar-refractivity contribution is 5.81. The lowest BCUT2D eigenvalue weighted by atomic mass is 10.0. The second-order valence-corrected chi connectivity index (χ2v) is 7.99. The van der Waals surface area contributed by atoms with Gasteiger partial charge >= 0.3 is 0 Å². The Morgan fingerprint density at radius 2 is 1.04 bits per heavy atom. The van der Waals surface area contributed by atoms with Crippen LogP contribution in [0.4, 0.5) is 0 Å². The van der Waals surface area contributed by atoms with Crippen LogP contribution in [0.5, 0.6) is 0 Å². The smallest absolute Gasteiger partial charge is 0.236 e. The van der Waals surface area contributed by atoms with Crippen molar-refractivity contribution < 1.29 is 4.79 Å². The molecular weight excluding hydrogens is 320 g/mol. The molecule has 3 heteroatoms. The predicted octanol–water partition coefficient (Wildman–Crippen LogP) is 6.49. The molecule has 0 aliphatic heterocycles. The second kappa shape index (κ2) is 20.7. The van der Waals surface area contributed by atoms with Gasteiger partial charge in [0.05, 0.1) is 6.04 Å². The largest absolute Gasteiger partial charge is 0.355 e. The third-order valence-corrected chi connectivity index (χ3v) is 5.29. The van der Waals surface area contributed by atoms with Gasteiger partial charge in [0, 0.05) is 6.54 Å². The van der Waals surface area contributed by atoms with Crippen LogP contribution in [0.25, 0.3) is 0 Å². The lowest BCUT2D eigenvalue weighted by Crippen LogP contribution is -2.40. The average Bonchev–Trinajstić information content (AvgIpc) is 2.64. The third kappa shape index (κ3) is 18.2. The molecule has 0 fully saturated rings. The van der Waals surface area contributed by atoms with Gasteiger partial charge in [0.25, 0.3) is 0 Å². The summed E-state index contributed by atoms with van der Waals surface area (Å²) < 4.78 is 0. The van der Waals surface area contributed by atoms with E-state index in [1.165, 1.54) is 96.3 Å². The van der Waals surface area contributed by atoms with Crippen molar-refractivity contribution in [3.8, 4) is 0 Å². The normalized spacial score (nSPS) is 12.3. The van der Waals surface area contributed by atoms with Crippen LogP contribution in [0.15, 0.2) is 0 Å². The van der Waals surface area contributed by atoms with E-state index in [1.807, 2.05) is 0 Å². The van der Waals surface area contributed by atoms with E-state index in [-0.39, 0.29) is 11.9 Å². The molecule has 1 amide bonds. The van der Waals surface area contributed by atoms with Crippen LogP contribution in [-0.4, -0.2) is 18.5 Å². The number of carbonyl (C=O) groups excluding carboxylic acids is 1. The summed E-state index contributed by atoms with van der Waals surface area (Å²) in [5.41, 5.74) is 5.91. The van der Waals surface area contributed by atoms with Gasteiger partial charge in [-0.2, -0.15) is 0 Å². The first-order chi connectivity index (χ1) is 12.7. The monoisotopic (exact) mass is 368 g/mol. The molecule has 156 valence electrons. The third-order valence-electron chi connectivity index (χ3n) is 5.29. The Balaban J connectivity index is 3.20. The fourth-order valence-electron chi connectivity index (χ4n) is 3.41. The standard InChI is InChI=1S/C23H48N2O/c1-3-5-7-8-9-10-11-12-13-14-15-16-17-19-21-25-23(26)22(24)20-18-6-4-2/h22H,3-21,24H2,1-2H3,(H,25,26). The molecule has 0 rings (SSSR count). The number of hydrogen-bond acceptors (Lipinski definition) is 2. The van der Waals surface area contributed by atoms with Gasteiger partial charge in [0.2, 0.25) is 5.91 Å². The van der Waals surface area contributed by atoms with E-state index in [2.05, 4.69) is 19.2 Å². The molecule has 26 heavy (non-hydrogen) atoms. The molecule has 0 aromatic heterocycles. The highest BCUT2D eigenvalue weighted by Gasteiger charge is 2.11. The van der Waals surface area contributed by atoms with Gasteiger partial charge in [-0.3, -0.25) is 4.79 Å². The van der Waals surface area contributed by atoms with Crippen molar-refractivity contribution in [1.82, 2.24) is 5.32 Å². The Bertz CT molecular complexity index is 294. The summed E-state index contributed by atoms with van der Waals surface area (Å²) >= 11 is 0. The molecule has 0 aromatic rings. The minimum absolute atomic E-state index is 0.0378. The van der Waals surface area contributed by atoms with Gasteiger partial charge in [0.1, 0.15) is 0 Å². The van der Waals surface area contributed by atoms with Crippen LogP contribution < -0.4 is 11.1 Å². The molecule has 0 aromatic carbocycles. The maximum absolute atomic E-state index is 11.8. The number of carbonyl (C=O) groups is 1. The summed E-state index contributed by atoms with van der Waals surface area (Å²) in [6.45, 7) is 5.24. The van der Waals surface area contributed by atoms with E-state index < -0.39 is 0 Å². The van der Waals surface area contributed by atoms with Gasteiger partial charge in [-0.15, -0.1) is 0 Å². The molecular formula is C23H48N2O. The van der Waals surface area contributed by atoms with E-state index in [1.54, 1.807) is 0 Å². The Morgan fingerprint density at radius 1 is 0.654 bits per heavy atom. The van der Waals surface area contributed by atoms with Crippen LogP contribution in [0, 0.1) is 0 Å². The topological polar surface area (TPSA) is 55.1 Å². The van der Waals surface area contributed by atoms with Crippen molar-refractivity contribution in [2.75, 3.05) is 6.54 Å². The Hall–Kier alpha value is -0.570. The highest BCUT2D eigenvalue weighted by Crippen LogP contribution is 2.12. The Morgan fingerprint density at radius 3 is 1.50 bits per heavy atom. The number of hydrogen-bond donors (Lipinski definition) is 2. The number of nitrogens with one attached hydrogen (secondary N) is 1. The predicted molar refractivity (Wildman–Crippen MR) is 115 cm³/mol. The maximum atomic E-state index is 11.8. The van der Waals surface area contributed by atoms with Crippen LogP contribution in [-0.2, 0) is 4.79 Å². The van der Waals surface area contributed by atoms with E-state index in [9.17, 15) is 4.79 Å². The average molecular weight is 369 g/mol. The zero-order valence-electron chi connectivity index (χ0n) is 18.0. The molecule has 0 saturated heterocycles. The molecule has 1 atom stereocenters. The van der Waals surface area contributed by atoms with Crippen molar-refractivity contribution in [3.63, 3.8) is 0 Å². The Labute approximate surface area is 164 Å². The summed E-state index contributed by atoms with van der Waals surface area (Å²) in [7, 11) is 0. The number of rotatable bonds is 20. The molecule has 0 bridgehead atoms. The van der Waals surface area contributed by atoms with Gasteiger partial charge < -0.3 is 11.1 Å². The molecule has 0 heterocycles. The lowest BCUT2D eigenvalue weighted by molar-refractivity contribution is -0.122. The van der Waals surface area contributed by atoms with E-state index in [0.717, 1.165) is 25.8 Å². The molecule has 0 aliphatic carbocycles. The zero-order chi connectivity index (χ0) is 19.3. The van der Waals surface area contributed by atoms with Gasteiger partial charge in [-0.25, -0.2) is 0 Å². The van der Waals surface area contributed by atoms with Crippen molar-refractivity contribution in [3.05, 3.63) is 0 Å². The van der Waals surface area contributed by atoms with Crippen molar-refractivity contribution in [2.45, 2.75) is 135 Å². The van der Waals surface area contributed by atoms with Gasteiger partial charge in [0.15, 0.2) is 0 Å². The van der Waals surface area contributed by atoms with Crippen LogP contribution in [0.2, 0.25) is 0 Å². The number of unbranched alkanes of at least 4 members (excludes halogenated alkanes) is 15. The van der Waals surface area contributed by atoms with E-state index in [4.69, 9.17) is 5.73 Å². The molecule has 3 N–H and O–H groups in total. The summed E-state index contributed by atoms with van der Waals surface area (Å²) in [5, 5.41) is 2.99. The summed E-state index contributed by atoms with van der Waals surface area (Å²) in [6, 6.07) is -0.312. The second-order valence-electron chi connectivity index (χ2n) is 7.99. The van der Waals surface area contributed by atoms with Crippen LogP contribution >= 0.6 is 0 Å². The summed E-state index contributed by atoms with van der Waals surface area (Å²) in [6.07, 6.45) is 23.3. The van der Waals surface area contributed by atoms with Gasteiger partial charge in [-0.05, 0) is 12.8 Å². The summed E-state index contributed by atoms with van der Waals surface area (Å²) in [4.78, 5) is 11.8. The molecule has 1 unspecified atom stereocenters. The minimum atomic E-state index is -0.312. The molecule has 0 radical (unpaired) electrons. The van der Waals surface area contributed by atoms with Crippen LogP contribution in [0.1, 0.15) is 129 Å². The molecule has 3 nitrogen and oxygen atoms in total. The van der Waals surface area contributed by atoms with Crippen molar-refractivity contribution in [2.24, 2.45) is 5.73 Å². The fourth-order valence-corrected chi connectivity index (χ4v) is 3.41. The van der Waals surface area contributed by atoms with Crippen molar-refractivity contribution in [1.29, 1.82) is 0 Å². The fraction of sp³-hybridized carbons (Fsp3) is 0.957. The van der Waals surface area contributed by atoms with Crippen molar-refractivity contribution >= 4 is 5.91 Å². The minimum Gasteiger partial charge on any atom is -0.355 e. The van der Waals surface area contributed by atoms with Crippen LogP contribution in [0.3, 0.4) is 0 Å². The van der Waals surface area contributed by atoms with E-state index in [0.29, 0.717) is 0 Å². The summed E-state index contributed by atoms with van der Waals surface area (Å²) in [5.74, 6) is 0.0378. The Kier molecular flexibility index (Phi) is 20.3. The quantitative estimate of drug-likeness (QED) is 0.241. The lowest BCUT2D eigenvalue weighted by Gasteiger charge is -2.11. The first kappa shape index (κ1) is 25.4. The number of nitrogens with two attached hydrogens (primary N) is 1. The molecule has 0 spiro atoms. The number of amides is 1.